The van der Waals surface area contributed by atoms with Gasteiger partial charge >= 0.3 is 0 Å². The summed E-state index contributed by atoms with van der Waals surface area (Å²) >= 11 is 7.29. The highest BCUT2D eigenvalue weighted by molar-refractivity contribution is 7.22. The van der Waals surface area contributed by atoms with Crippen LogP contribution in [0.3, 0.4) is 0 Å². The number of anilines is 2. The van der Waals surface area contributed by atoms with E-state index in [1.807, 2.05) is 19.1 Å². The zero-order valence-corrected chi connectivity index (χ0v) is 12.7. The lowest BCUT2D eigenvalue weighted by atomic mass is 10.3. The van der Waals surface area contributed by atoms with Gasteiger partial charge in [0.2, 0.25) is 5.91 Å². The lowest BCUT2D eigenvalue weighted by Gasteiger charge is -2.04. The number of thiazole rings is 1. The maximum atomic E-state index is 12.0. The molecule has 2 aromatic heterocycles. The Kier molecular flexibility index (Phi) is 3.52. The van der Waals surface area contributed by atoms with Crippen molar-refractivity contribution < 1.29 is 4.79 Å². The summed E-state index contributed by atoms with van der Waals surface area (Å²) in [5.74, 6) is -0.204. The molecule has 8 heteroatoms. The van der Waals surface area contributed by atoms with Gasteiger partial charge in [0.1, 0.15) is 6.54 Å². The molecule has 0 aliphatic rings. The number of benzene rings is 1. The lowest BCUT2D eigenvalue weighted by molar-refractivity contribution is -0.116. The quantitative estimate of drug-likeness (QED) is 0.726. The van der Waals surface area contributed by atoms with Crippen LogP contribution in [-0.4, -0.2) is 20.7 Å². The first kappa shape index (κ1) is 13.8. The molecule has 0 unspecified atom stereocenters. The monoisotopic (exact) mass is 321 g/mol. The van der Waals surface area contributed by atoms with Crippen LogP contribution in [0.4, 0.5) is 10.8 Å². The number of hydrogen-bond acceptors (Lipinski definition) is 5. The van der Waals surface area contributed by atoms with Gasteiger partial charge in [0.15, 0.2) is 5.13 Å². The zero-order chi connectivity index (χ0) is 15.0. The van der Waals surface area contributed by atoms with Crippen molar-refractivity contribution in [3.63, 3.8) is 0 Å². The Labute approximate surface area is 129 Å². The van der Waals surface area contributed by atoms with E-state index >= 15 is 0 Å². The van der Waals surface area contributed by atoms with Gasteiger partial charge in [-0.05, 0) is 25.1 Å². The topological polar surface area (TPSA) is 85.8 Å². The van der Waals surface area contributed by atoms with E-state index in [-0.39, 0.29) is 12.5 Å². The molecule has 1 aromatic carbocycles. The van der Waals surface area contributed by atoms with Crippen molar-refractivity contribution in [2.24, 2.45) is 0 Å². The smallest absolute Gasteiger partial charge is 0.247 e. The van der Waals surface area contributed by atoms with Crippen LogP contribution in [0.1, 0.15) is 5.69 Å². The first-order valence-corrected chi connectivity index (χ1v) is 7.36. The number of fused-ring (bicyclic) bond motifs is 1. The second-order valence-electron chi connectivity index (χ2n) is 4.53. The normalized spacial score (nSPS) is 11.0. The fourth-order valence-corrected chi connectivity index (χ4v) is 2.94. The standard InChI is InChI=1S/C13H12ClN5OS/c1-7-9(14)5-16-19(7)6-12(20)18-13-17-10-3-2-8(15)4-11(10)21-13/h2-5H,6,15H2,1H3,(H,17,18,20). The third-order valence-electron chi connectivity index (χ3n) is 3.00. The van der Waals surface area contributed by atoms with Gasteiger partial charge in [-0.1, -0.05) is 22.9 Å². The third-order valence-corrected chi connectivity index (χ3v) is 4.30. The van der Waals surface area contributed by atoms with Gasteiger partial charge in [-0.25, -0.2) is 4.98 Å². The molecule has 3 rings (SSSR count). The molecule has 0 bridgehead atoms. The lowest BCUT2D eigenvalue weighted by Crippen LogP contribution is -2.20. The second-order valence-corrected chi connectivity index (χ2v) is 5.97. The molecular weight excluding hydrogens is 310 g/mol. The molecule has 21 heavy (non-hydrogen) atoms. The fraction of sp³-hybridized carbons (Fsp3) is 0.154. The van der Waals surface area contributed by atoms with Crippen LogP contribution in [0.2, 0.25) is 5.02 Å². The van der Waals surface area contributed by atoms with Crippen LogP contribution < -0.4 is 11.1 Å². The molecule has 0 aliphatic heterocycles. The minimum absolute atomic E-state index is 0.0939. The maximum Gasteiger partial charge on any atom is 0.247 e. The number of amides is 1. The molecule has 0 saturated heterocycles. The highest BCUT2D eigenvalue weighted by Gasteiger charge is 2.11. The van der Waals surface area contributed by atoms with Gasteiger partial charge in [-0.2, -0.15) is 5.10 Å². The Morgan fingerprint density at radius 2 is 2.33 bits per heavy atom. The molecule has 2 heterocycles. The summed E-state index contributed by atoms with van der Waals surface area (Å²) in [4.78, 5) is 16.4. The number of carbonyl (C=O) groups excluding carboxylic acids is 1. The van der Waals surface area contributed by atoms with E-state index in [1.54, 1.807) is 10.7 Å². The van der Waals surface area contributed by atoms with E-state index in [2.05, 4.69) is 15.4 Å². The van der Waals surface area contributed by atoms with Crippen molar-refractivity contribution in [3.8, 4) is 0 Å². The molecule has 108 valence electrons. The number of rotatable bonds is 3. The van der Waals surface area contributed by atoms with Gasteiger partial charge in [-0.15, -0.1) is 0 Å². The third kappa shape index (κ3) is 2.84. The minimum Gasteiger partial charge on any atom is -0.399 e. The number of nitrogens with two attached hydrogens (primary N) is 1. The van der Waals surface area contributed by atoms with Crippen LogP contribution >= 0.6 is 22.9 Å². The fourth-order valence-electron chi connectivity index (χ4n) is 1.87. The molecule has 0 spiro atoms. The first-order chi connectivity index (χ1) is 10.0. The average Bonchev–Trinajstić information content (AvgIpc) is 2.95. The van der Waals surface area contributed by atoms with Crippen molar-refractivity contribution in [2.45, 2.75) is 13.5 Å². The van der Waals surface area contributed by atoms with E-state index in [9.17, 15) is 4.79 Å². The SMILES string of the molecule is Cc1c(Cl)cnn1CC(=O)Nc1nc2ccc(N)cc2s1. The molecule has 0 fully saturated rings. The molecule has 1 amide bonds. The van der Waals surface area contributed by atoms with E-state index in [1.165, 1.54) is 17.5 Å². The van der Waals surface area contributed by atoms with E-state index in [4.69, 9.17) is 17.3 Å². The predicted molar refractivity (Wildman–Crippen MR) is 84.6 cm³/mol. The Morgan fingerprint density at radius 1 is 1.52 bits per heavy atom. The minimum atomic E-state index is -0.204. The largest absolute Gasteiger partial charge is 0.399 e. The van der Waals surface area contributed by atoms with E-state index in [0.29, 0.717) is 15.8 Å². The van der Waals surface area contributed by atoms with Crippen LogP contribution in [-0.2, 0) is 11.3 Å². The van der Waals surface area contributed by atoms with Crippen LogP contribution in [0.25, 0.3) is 10.2 Å². The van der Waals surface area contributed by atoms with Gasteiger partial charge in [0, 0.05) is 5.69 Å². The molecule has 0 saturated carbocycles. The van der Waals surface area contributed by atoms with Crippen LogP contribution in [0.5, 0.6) is 0 Å². The van der Waals surface area contributed by atoms with Crippen LogP contribution in [0.15, 0.2) is 24.4 Å². The van der Waals surface area contributed by atoms with Crippen molar-refractivity contribution in [2.75, 3.05) is 11.1 Å². The molecule has 6 nitrogen and oxygen atoms in total. The summed E-state index contributed by atoms with van der Waals surface area (Å²) in [6.07, 6.45) is 1.52. The highest BCUT2D eigenvalue weighted by atomic mass is 35.5. The molecule has 3 aromatic rings. The molecule has 3 N–H and O–H groups in total. The van der Waals surface area contributed by atoms with Crippen molar-refractivity contribution in [1.82, 2.24) is 14.8 Å². The van der Waals surface area contributed by atoms with E-state index in [0.717, 1.165) is 15.9 Å². The highest BCUT2D eigenvalue weighted by Crippen LogP contribution is 2.27. The number of halogens is 1. The van der Waals surface area contributed by atoms with Gasteiger partial charge in [0.25, 0.3) is 0 Å². The summed E-state index contributed by atoms with van der Waals surface area (Å²) < 4.78 is 2.48. The summed E-state index contributed by atoms with van der Waals surface area (Å²) in [6.45, 7) is 1.90. The van der Waals surface area contributed by atoms with Crippen molar-refractivity contribution >= 4 is 49.9 Å². The number of carbonyl (C=O) groups is 1. The van der Waals surface area contributed by atoms with Gasteiger partial charge in [-0.3, -0.25) is 9.48 Å². The Balaban J connectivity index is 1.75. The Morgan fingerprint density at radius 3 is 3.05 bits per heavy atom. The summed E-state index contributed by atoms with van der Waals surface area (Å²) in [6, 6.07) is 5.44. The molecule has 0 atom stereocenters. The molecular formula is C13H12ClN5OS. The summed E-state index contributed by atoms with van der Waals surface area (Å²) in [5.41, 5.74) is 7.96. The Hall–Kier alpha value is -2.12. The number of nitrogens with zero attached hydrogens (tertiary/aromatic N) is 3. The molecule has 0 radical (unpaired) electrons. The van der Waals surface area contributed by atoms with Gasteiger partial charge in [0.05, 0.1) is 27.1 Å². The van der Waals surface area contributed by atoms with Crippen LogP contribution in [0, 0.1) is 6.92 Å². The van der Waals surface area contributed by atoms with Gasteiger partial charge < -0.3 is 11.1 Å². The second kappa shape index (κ2) is 5.34. The van der Waals surface area contributed by atoms with Crippen molar-refractivity contribution in [1.29, 1.82) is 0 Å². The van der Waals surface area contributed by atoms with E-state index < -0.39 is 0 Å². The predicted octanol–water partition coefficient (Wildman–Crippen LogP) is 2.68. The molecule has 0 aliphatic carbocycles. The summed E-state index contributed by atoms with van der Waals surface area (Å²) in [5, 5.41) is 7.88. The first-order valence-electron chi connectivity index (χ1n) is 6.17. The average molecular weight is 322 g/mol. The summed E-state index contributed by atoms with van der Waals surface area (Å²) in [7, 11) is 0. The number of nitrogen functional groups attached to an aromatic ring is 1. The number of nitrogens with one attached hydrogen (secondary N) is 1. The number of aromatic nitrogens is 3. The van der Waals surface area contributed by atoms with Crippen molar-refractivity contribution in [3.05, 3.63) is 35.1 Å². The Bertz CT molecular complexity index is 825. The maximum absolute atomic E-state index is 12.0. The zero-order valence-electron chi connectivity index (χ0n) is 11.1. The number of hydrogen-bond donors (Lipinski definition) is 2.